The second-order valence-corrected chi connectivity index (χ2v) is 4.62. The van der Waals surface area contributed by atoms with E-state index in [-0.39, 0.29) is 0 Å². The molecule has 1 heterocycles. The summed E-state index contributed by atoms with van der Waals surface area (Å²) in [7, 11) is 0. The van der Waals surface area contributed by atoms with Gasteiger partial charge in [0, 0.05) is 14.6 Å². The molecule has 0 radical (unpaired) electrons. The van der Waals surface area contributed by atoms with Gasteiger partial charge in [-0.15, -0.1) is 11.3 Å². The first kappa shape index (κ1) is 9.38. The highest BCUT2D eigenvalue weighted by Crippen LogP contribution is 2.34. The van der Waals surface area contributed by atoms with E-state index in [1.165, 1.54) is 11.3 Å². The van der Waals surface area contributed by atoms with E-state index in [1.807, 2.05) is 18.2 Å². The first-order valence-corrected chi connectivity index (χ1v) is 5.45. The summed E-state index contributed by atoms with van der Waals surface area (Å²) in [5, 5.41) is 9.77. The van der Waals surface area contributed by atoms with Crippen molar-refractivity contribution in [2.24, 2.45) is 0 Å². The van der Waals surface area contributed by atoms with Crippen LogP contribution in [-0.2, 0) is 0 Å². The number of thiophene rings is 1. The SMILES string of the molecule is N#Cc1c(C=O)sc2cccc(Br)c12. The molecule has 0 aliphatic rings. The topological polar surface area (TPSA) is 40.9 Å². The van der Waals surface area contributed by atoms with Gasteiger partial charge in [-0.05, 0) is 12.1 Å². The molecule has 0 aliphatic heterocycles. The molecule has 0 bridgehead atoms. The van der Waals surface area contributed by atoms with Crippen LogP contribution in [0.4, 0.5) is 0 Å². The Balaban J connectivity index is 2.97. The van der Waals surface area contributed by atoms with Gasteiger partial charge in [-0.1, -0.05) is 22.0 Å². The molecule has 14 heavy (non-hydrogen) atoms. The van der Waals surface area contributed by atoms with Crippen LogP contribution in [0, 0.1) is 11.3 Å². The van der Waals surface area contributed by atoms with Crippen LogP contribution in [0.3, 0.4) is 0 Å². The third-order valence-corrected chi connectivity index (χ3v) is 3.65. The molecule has 68 valence electrons. The summed E-state index contributed by atoms with van der Waals surface area (Å²) in [5.74, 6) is 0. The molecule has 4 heteroatoms. The molecule has 0 spiro atoms. The Labute approximate surface area is 92.9 Å². The highest BCUT2D eigenvalue weighted by atomic mass is 79.9. The zero-order valence-corrected chi connectivity index (χ0v) is 9.35. The van der Waals surface area contributed by atoms with Crippen LogP contribution < -0.4 is 0 Å². The van der Waals surface area contributed by atoms with Crippen LogP contribution in [0.5, 0.6) is 0 Å². The molecule has 0 unspecified atom stereocenters. The molecular formula is C10H4BrNOS. The van der Waals surface area contributed by atoms with Crippen molar-refractivity contribution in [1.29, 1.82) is 5.26 Å². The summed E-state index contributed by atoms with van der Waals surface area (Å²) in [5.41, 5.74) is 0.465. The van der Waals surface area contributed by atoms with Gasteiger partial charge in [0.15, 0.2) is 6.29 Å². The number of hydrogen-bond acceptors (Lipinski definition) is 3. The Morgan fingerprint density at radius 3 is 2.93 bits per heavy atom. The monoisotopic (exact) mass is 265 g/mol. The Bertz CT molecular complexity index is 553. The Hall–Kier alpha value is -1.18. The number of hydrogen-bond donors (Lipinski definition) is 0. The Morgan fingerprint density at radius 2 is 2.29 bits per heavy atom. The standard InChI is InChI=1S/C10H4BrNOS/c11-7-2-1-3-8-10(7)6(4-12)9(5-13)14-8/h1-3,5H. The van der Waals surface area contributed by atoms with Crippen LogP contribution in [0.15, 0.2) is 22.7 Å². The number of carbonyl (C=O) groups is 1. The fraction of sp³-hybridized carbons (Fsp3) is 0. The minimum absolute atomic E-state index is 0.465. The number of aldehydes is 1. The van der Waals surface area contributed by atoms with E-state index in [2.05, 4.69) is 22.0 Å². The van der Waals surface area contributed by atoms with E-state index in [4.69, 9.17) is 5.26 Å². The van der Waals surface area contributed by atoms with Gasteiger partial charge >= 0.3 is 0 Å². The second-order valence-electron chi connectivity index (χ2n) is 2.68. The smallest absolute Gasteiger partial charge is 0.161 e. The fourth-order valence-electron chi connectivity index (χ4n) is 1.32. The zero-order valence-electron chi connectivity index (χ0n) is 6.95. The molecule has 2 rings (SSSR count). The van der Waals surface area contributed by atoms with Gasteiger partial charge in [0.05, 0.1) is 10.4 Å². The van der Waals surface area contributed by atoms with E-state index in [0.717, 1.165) is 20.8 Å². The number of carbonyl (C=O) groups excluding carboxylic acids is 1. The number of nitrogens with zero attached hydrogens (tertiary/aromatic N) is 1. The van der Waals surface area contributed by atoms with Gasteiger partial charge in [-0.3, -0.25) is 4.79 Å². The summed E-state index contributed by atoms with van der Waals surface area (Å²) < 4.78 is 1.81. The third-order valence-electron chi connectivity index (χ3n) is 1.91. The van der Waals surface area contributed by atoms with Gasteiger partial charge in [-0.25, -0.2) is 0 Å². The average Bonchev–Trinajstić information content (AvgIpc) is 2.56. The van der Waals surface area contributed by atoms with Crippen LogP contribution in [0.25, 0.3) is 10.1 Å². The van der Waals surface area contributed by atoms with E-state index < -0.39 is 0 Å². The summed E-state index contributed by atoms with van der Waals surface area (Å²) in [6.07, 6.45) is 0.732. The molecule has 0 N–H and O–H groups in total. The van der Waals surface area contributed by atoms with Crippen molar-refractivity contribution in [3.05, 3.63) is 33.1 Å². The number of nitriles is 1. The highest BCUT2D eigenvalue weighted by molar-refractivity contribution is 9.10. The zero-order chi connectivity index (χ0) is 10.1. The van der Waals surface area contributed by atoms with E-state index in [9.17, 15) is 4.79 Å². The summed E-state index contributed by atoms with van der Waals surface area (Å²) >= 11 is 4.71. The number of benzene rings is 1. The molecule has 0 saturated carbocycles. The maximum absolute atomic E-state index is 10.7. The van der Waals surface area contributed by atoms with Crippen LogP contribution >= 0.6 is 27.3 Å². The predicted octanol–water partition coefficient (Wildman–Crippen LogP) is 3.35. The molecule has 0 aliphatic carbocycles. The van der Waals surface area contributed by atoms with Crippen molar-refractivity contribution < 1.29 is 4.79 Å². The lowest BCUT2D eigenvalue weighted by molar-refractivity contribution is 0.112. The van der Waals surface area contributed by atoms with Crippen LogP contribution in [-0.4, -0.2) is 6.29 Å². The van der Waals surface area contributed by atoms with Gasteiger partial charge in [0.2, 0.25) is 0 Å². The third kappa shape index (κ3) is 1.26. The van der Waals surface area contributed by atoms with Crippen LogP contribution in [0.2, 0.25) is 0 Å². The maximum Gasteiger partial charge on any atom is 0.161 e. The average molecular weight is 266 g/mol. The van der Waals surface area contributed by atoms with Crippen LogP contribution in [0.1, 0.15) is 15.2 Å². The first-order valence-electron chi connectivity index (χ1n) is 3.84. The fourth-order valence-corrected chi connectivity index (χ4v) is 3.01. The van der Waals surface area contributed by atoms with Crippen molar-refractivity contribution in [2.45, 2.75) is 0 Å². The first-order chi connectivity index (χ1) is 6.77. The second kappa shape index (κ2) is 3.52. The summed E-state index contributed by atoms with van der Waals surface area (Å²) in [6, 6.07) is 7.71. The normalized spacial score (nSPS) is 10.0. The summed E-state index contributed by atoms with van der Waals surface area (Å²) in [6.45, 7) is 0. The van der Waals surface area contributed by atoms with E-state index in [1.54, 1.807) is 0 Å². The minimum Gasteiger partial charge on any atom is -0.297 e. The van der Waals surface area contributed by atoms with Crippen molar-refractivity contribution in [3.8, 4) is 6.07 Å². The number of rotatable bonds is 1. The van der Waals surface area contributed by atoms with Crippen molar-refractivity contribution >= 4 is 43.6 Å². The molecule has 2 nitrogen and oxygen atoms in total. The lowest BCUT2D eigenvalue weighted by Crippen LogP contribution is -1.78. The van der Waals surface area contributed by atoms with Crippen molar-refractivity contribution in [1.82, 2.24) is 0 Å². The maximum atomic E-state index is 10.7. The largest absolute Gasteiger partial charge is 0.297 e. The van der Waals surface area contributed by atoms with Crippen molar-refractivity contribution in [3.63, 3.8) is 0 Å². The Kier molecular flexibility index (Phi) is 2.36. The van der Waals surface area contributed by atoms with Gasteiger partial charge < -0.3 is 0 Å². The van der Waals surface area contributed by atoms with Gasteiger partial charge in [0.25, 0.3) is 0 Å². The molecular weight excluding hydrogens is 262 g/mol. The molecule has 1 aromatic carbocycles. The minimum atomic E-state index is 0.465. The molecule has 0 atom stereocenters. The molecule has 0 amide bonds. The lowest BCUT2D eigenvalue weighted by atomic mass is 10.1. The predicted molar refractivity (Wildman–Crippen MR) is 59.6 cm³/mol. The van der Waals surface area contributed by atoms with E-state index in [0.29, 0.717) is 10.4 Å². The molecule has 1 aromatic heterocycles. The van der Waals surface area contributed by atoms with Gasteiger partial charge in [0.1, 0.15) is 6.07 Å². The number of fused-ring (bicyclic) bond motifs is 1. The molecule has 0 fully saturated rings. The highest BCUT2D eigenvalue weighted by Gasteiger charge is 2.12. The van der Waals surface area contributed by atoms with Crippen molar-refractivity contribution in [2.75, 3.05) is 0 Å². The Morgan fingerprint density at radius 1 is 1.50 bits per heavy atom. The lowest BCUT2D eigenvalue weighted by Gasteiger charge is -1.92. The quantitative estimate of drug-likeness (QED) is 0.742. The molecule has 2 aromatic rings. The van der Waals surface area contributed by atoms with Gasteiger partial charge in [-0.2, -0.15) is 5.26 Å². The van der Waals surface area contributed by atoms with E-state index >= 15 is 0 Å². The summed E-state index contributed by atoms with van der Waals surface area (Å²) in [4.78, 5) is 11.2. The number of halogens is 1. The molecule has 0 saturated heterocycles.